The van der Waals surface area contributed by atoms with Crippen LogP contribution < -0.4 is 5.32 Å². The maximum absolute atomic E-state index is 3.62. The van der Waals surface area contributed by atoms with Gasteiger partial charge in [0, 0.05) is 49.7 Å². The molecule has 2 unspecified atom stereocenters. The summed E-state index contributed by atoms with van der Waals surface area (Å²) in [7, 11) is 0. The molecule has 0 amide bonds. The Bertz CT molecular complexity index is 445. The maximum Gasteiger partial charge on any atom is 0.0302 e. The molecule has 3 rings (SSSR count). The summed E-state index contributed by atoms with van der Waals surface area (Å²) >= 11 is 1.87. The molecule has 4 heteroatoms. The van der Waals surface area contributed by atoms with Crippen LogP contribution in [0.5, 0.6) is 0 Å². The molecule has 0 bridgehead atoms. The van der Waals surface area contributed by atoms with Gasteiger partial charge in [-0.1, -0.05) is 6.42 Å². The maximum atomic E-state index is 3.62. The van der Waals surface area contributed by atoms with Crippen molar-refractivity contribution >= 4 is 11.3 Å². The van der Waals surface area contributed by atoms with Crippen LogP contribution in [0.1, 0.15) is 36.6 Å². The molecule has 2 saturated heterocycles. The molecule has 1 N–H and O–H groups in total. The smallest absolute Gasteiger partial charge is 0.0302 e. The van der Waals surface area contributed by atoms with E-state index in [9.17, 15) is 0 Å². The third kappa shape index (κ3) is 3.86. The summed E-state index contributed by atoms with van der Waals surface area (Å²) in [5.41, 5.74) is 1.43. The largest absolute Gasteiger partial charge is 0.311 e. The van der Waals surface area contributed by atoms with Crippen molar-refractivity contribution in [2.75, 3.05) is 32.7 Å². The number of thiophene rings is 1. The average molecular weight is 308 g/mol. The molecule has 2 atom stereocenters. The van der Waals surface area contributed by atoms with Gasteiger partial charge in [0.25, 0.3) is 0 Å². The Balaban J connectivity index is 1.41. The highest BCUT2D eigenvalue weighted by Crippen LogP contribution is 2.23. The Kier molecular flexibility index (Phi) is 5.33. The molecule has 3 nitrogen and oxygen atoms in total. The number of piperidine rings is 1. The Morgan fingerprint density at radius 3 is 3.05 bits per heavy atom. The number of hydrogen-bond donors (Lipinski definition) is 1. The van der Waals surface area contributed by atoms with Crippen LogP contribution in [0, 0.1) is 6.92 Å². The van der Waals surface area contributed by atoms with E-state index in [0.717, 1.165) is 19.1 Å². The first-order chi connectivity index (χ1) is 10.2. The van der Waals surface area contributed by atoms with Gasteiger partial charge in [-0.05, 0) is 50.2 Å². The molecule has 3 heterocycles. The van der Waals surface area contributed by atoms with Gasteiger partial charge in [-0.2, -0.15) is 0 Å². The van der Waals surface area contributed by atoms with Crippen LogP contribution in [0.25, 0.3) is 0 Å². The first-order valence-electron chi connectivity index (χ1n) is 8.46. The van der Waals surface area contributed by atoms with Gasteiger partial charge >= 0.3 is 0 Å². The monoisotopic (exact) mass is 307 g/mol. The topological polar surface area (TPSA) is 18.5 Å². The molecule has 1 aromatic heterocycles. The van der Waals surface area contributed by atoms with Gasteiger partial charge in [0.2, 0.25) is 0 Å². The van der Waals surface area contributed by atoms with Gasteiger partial charge in [0.1, 0.15) is 0 Å². The van der Waals surface area contributed by atoms with Crippen LogP contribution in [0.3, 0.4) is 0 Å². The Labute approximate surface area is 133 Å². The van der Waals surface area contributed by atoms with E-state index in [4.69, 9.17) is 0 Å². The van der Waals surface area contributed by atoms with Crippen molar-refractivity contribution in [1.82, 2.24) is 15.1 Å². The molecule has 2 aliphatic rings. The molecular weight excluding hydrogens is 278 g/mol. The van der Waals surface area contributed by atoms with Crippen molar-refractivity contribution in [3.05, 3.63) is 21.9 Å². The van der Waals surface area contributed by atoms with E-state index < -0.39 is 0 Å². The standard InChI is InChI=1S/C17H29N3S/c1-14-6-10-21-17(14)11-18-7-9-19-13-16-5-3-4-8-20(16)12-15(19)2/h6,10,15-16,18H,3-5,7-9,11-13H2,1-2H3. The quantitative estimate of drug-likeness (QED) is 0.844. The summed E-state index contributed by atoms with van der Waals surface area (Å²) in [4.78, 5) is 6.91. The third-order valence-electron chi connectivity index (χ3n) is 5.15. The first-order valence-corrected chi connectivity index (χ1v) is 9.34. The van der Waals surface area contributed by atoms with E-state index in [1.807, 2.05) is 11.3 Å². The number of nitrogens with one attached hydrogen (secondary N) is 1. The van der Waals surface area contributed by atoms with Crippen molar-refractivity contribution in [2.24, 2.45) is 0 Å². The second kappa shape index (κ2) is 7.23. The molecule has 0 aliphatic carbocycles. The van der Waals surface area contributed by atoms with Crippen molar-refractivity contribution in [1.29, 1.82) is 0 Å². The molecule has 2 aliphatic heterocycles. The van der Waals surface area contributed by atoms with E-state index in [1.54, 1.807) is 0 Å². The fourth-order valence-electron chi connectivity index (χ4n) is 3.73. The number of piperazine rings is 1. The Morgan fingerprint density at radius 2 is 2.24 bits per heavy atom. The fourth-order valence-corrected chi connectivity index (χ4v) is 4.61. The van der Waals surface area contributed by atoms with Crippen LogP contribution in [-0.4, -0.2) is 54.6 Å². The van der Waals surface area contributed by atoms with Crippen molar-refractivity contribution < 1.29 is 0 Å². The highest BCUT2D eigenvalue weighted by molar-refractivity contribution is 7.10. The lowest BCUT2D eigenvalue weighted by atomic mass is 9.97. The molecular formula is C17H29N3S. The predicted octanol–water partition coefficient (Wildman–Crippen LogP) is 2.70. The Hall–Kier alpha value is -0.420. The van der Waals surface area contributed by atoms with Crippen LogP contribution in [0.2, 0.25) is 0 Å². The number of aryl methyl sites for hydroxylation is 1. The Morgan fingerprint density at radius 1 is 1.33 bits per heavy atom. The number of nitrogens with zero attached hydrogens (tertiary/aromatic N) is 2. The normalized spacial score (nSPS) is 27.7. The summed E-state index contributed by atoms with van der Waals surface area (Å²) in [5, 5.41) is 5.81. The van der Waals surface area contributed by atoms with Gasteiger partial charge in [-0.3, -0.25) is 9.80 Å². The summed E-state index contributed by atoms with van der Waals surface area (Å²) in [6.45, 7) is 11.8. The van der Waals surface area contributed by atoms with E-state index in [-0.39, 0.29) is 0 Å². The van der Waals surface area contributed by atoms with E-state index in [2.05, 4.69) is 40.4 Å². The summed E-state index contributed by atoms with van der Waals surface area (Å²) in [6.07, 6.45) is 4.25. The highest BCUT2D eigenvalue weighted by Gasteiger charge is 2.32. The highest BCUT2D eigenvalue weighted by atomic mass is 32.1. The second-order valence-corrected chi connectivity index (χ2v) is 7.69. The average Bonchev–Trinajstić information content (AvgIpc) is 2.89. The van der Waals surface area contributed by atoms with Crippen molar-refractivity contribution in [2.45, 2.75) is 51.7 Å². The summed E-state index contributed by atoms with van der Waals surface area (Å²) in [6, 6.07) is 3.76. The number of rotatable bonds is 5. The molecule has 0 aromatic carbocycles. The molecule has 118 valence electrons. The van der Waals surface area contributed by atoms with E-state index >= 15 is 0 Å². The lowest BCUT2D eigenvalue weighted by molar-refractivity contribution is 0.0160. The lowest BCUT2D eigenvalue weighted by Crippen LogP contribution is -2.59. The molecule has 0 spiro atoms. The van der Waals surface area contributed by atoms with Gasteiger partial charge in [-0.25, -0.2) is 0 Å². The number of hydrogen-bond acceptors (Lipinski definition) is 4. The zero-order valence-corrected chi connectivity index (χ0v) is 14.3. The van der Waals surface area contributed by atoms with Crippen LogP contribution in [0.15, 0.2) is 11.4 Å². The fraction of sp³-hybridized carbons (Fsp3) is 0.765. The van der Waals surface area contributed by atoms with Crippen LogP contribution in [0.4, 0.5) is 0 Å². The van der Waals surface area contributed by atoms with E-state index in [0.29, 0.717) is 6.04 Å². The minimum absolute atomic E-state index is 0.713. The zero-order chi connectivity index (χ0) is 14.7. The molecule has 0 radical (unpaired) electrons. The minimum atomic E-state index is 0.713. The molecule has 21 heavy (non-hydrogen) atoms. The minimum Gasteiger partial charge on any atom is -0.311 e. The summed E-state index contributed by atoms with van der Waals surface area (Å²) in [5.74, 6) is 0. The second-order valence-electron chi connectivity index (χ2n) is 6.69. The zero-order valence-electron chi connectivity index (χ0n) is 13.5. The van der Waals surface area contributed by atoms with Gasteiger partial charge < -0.3 is 5.32 Å². The molecule has 1 aromatic rings. The van der Waals surface area contributed by atoms with Crippen LogP contribution >= 0.6 is 11.3 Å². The third-order valence-corrected chi connectivity index (χ3v) is 6.17. The van der Waals surface area contributed by atoms with Gasteiger partial charge in [0.15, 0.2) is 0 Å². The summed E-state index contributed by atoms with van der Waals surface area (Å²) < 4.78 is 0. The molecule has 0 saturated carbocycles. The van der Waals surface area contributed by atoms with Crippen molar-refractivity contribution in [3.8, 4) is 0 Å². The molecule has 2 fully saturated rings. The van der Waals surface area contributed by atoms with E-state index in [1.165, 1.54) is 55.9 Å². The van der Waals surface area contributed by atoms with Gasteiger partial charge in [-0.15, -0.1) is 11.3 Å². The SMILES string of the molecule is Cc1ccsc1CNCCN1CC2CCCCN2CC1C. The first kappa shape index (κ1) is 15.5. The van der Waals surface area contributed by atoms with Gasteiger partial charge in [0.05, 0.1) is 0 Å². The predicted molar refractivity (Wildman–Crippen MR) is 91.0 cm³/mol. The lowest BCUT2D eigenvalue weighted by Gasteiger charge is -2.47. The number of fused-ring (bicyclic) bond motifs is 1. The van der Waals surface area contributed by atoms with Crippen LogP contribution in [-0.2, 0) is 6.54 Å². The van der Waals surface area contributed by atoms with Crippen molar-refractivity contribution in [3.63, 3.8) is 0 Å².